The minimum Gasteiger partial charge on any atom is -0.369 e. The van der Waals surface area contributed by atoms with E-state index in [1.807, 2.05) is 0 Å². The van der Waals surface area contributed by atoms with Crippen molar-refractivity contribution in [1.29, 1.82) is 0 Å². The third-order valence-electron chi connectivity index (χ3n) is 4.31. The average molecular weight is 338 g/mol. The number of hydrogen-bond acceptors (Lipinski definition) is 5. The zero-order valence-electron chi connectivity index (χ0n) is 12.6. The molecule has 0 aromatic carbocycles. The largest absolute Gasteiger partial charge is 0.369 e. The maximum atomic E-state index is 12.4. The number of nitrogens with one attached hydrogen (secondary N) is 2. The van der Waals surface area contributed by atoms with Gasteiger partial charge in [0, 0.05) is 6.20 Å². The van der Waals surface area contributed by atoms with Gasteiger partial charge in [-0.3, -0.25) is 19.3 Å². The van der Waals surface area contributed by atoms with Gasteiger partial charge in [0.25, 0.3) is 0 Å². The smallest absolute Gasteiger partial charge is 0.236 e. The highest BCUT2D eigenvalue weighted by Crippen LogP contribution is 2.50. The first kappa shape index (κ1) is 15.7. The van der Waals surface area contributed by atoms with Gasteiger partial charge in [0.2, 0.25) is 21.8 Å². The molecule has 2 aliphatic carbocycles. The second-order valence-corrected chi connectivity index (χ2v) is 8.04. The number of nitrogens with two attached hydrogens (primary N) is 1. The lowest BCUT2D eigenvalue weighted by Gasteiger charge is -2.20. The van der Waals surface area contributed by atoms with Crippen molar-refractivity contribution in [2.45, 2.75) is 31.2 Å². The van der Waals surface area contributed by atoms with Gasteiger partial charge in [0.05, 0.1) is 23.2 Å². The van der Waals surface area contributed by atoms with Gasteiger partial charge in [-0.05, 0) is 37.8 Å². The highest BCUT2D eigenvalue weighted by Gasteiger charge is 2.59. The number of nitrogens with zero attached hydrogens (tertiary/aromatic N) is 1. The highest BCUT2D eigenvalue weighted by molar-refractivity contribution is 7.92. The summed E-state index contributed by atoms with van der Waals surface area (Å²) in [7, 11) is -3.39. The number of hydrogen-bond donors (Lipinski definition) is 3. The first-order chi connectivity index (χ1) is 10.7. The number of anilines is 1. The van der Waals surface area contributed by atoms with Crippen LogP contribution in [0.1, 0.15) is 31.4 Å². The average Bonchev–Trinajstić information content (AvgIpc) is 3.32. The summed E-state index contributed by atoms with van der Waals surface area (Å²) in [6.07, 6.45) is 4.84. The second kappa shape index (κ2) is 4.92. The molecular formula is C14H18N4O4S. The van der Waals surface area contributed by atoms with E-state index < -0.39 is 26.9 Å². The summed E-state index contributed by atoms with van der Waals surface area (Å²) < 4.78 is 25.0. The Morgan fingerprint density at radius 3 is 2.39 bits per heavy atom. The van der Waals surface area contributed by atoms with Crippen LogP contribution in [0.5, 0.6) is 0 Å². The molecule has 0 atom stereocenters. The topological polar surface area (TPSA) is 131 Å². The zero-order valence-corrected chi connectivity index (χ0v) is 13.4. The van der Waals surface area contributed by atoms with Crippen molar-refractivity contribution in [3.05, 3.63) is 24.0 Å². The molecule has 1 aromatic rings. The number of amides is 2. The molecule has 2 amide bonds. The van der Waals surface area contributed by atoms with E-state index in [0.29, 0.717) is 37.1 Å². The van der Waals surface area contributed by atoms with Crippen LogP contribution in [-0.2, 0) is 25.2 Å². The van der Waals surface area contributed by atoms with Crippen LogP contribution < -0.4 is 15.8 Å². The van der Waals surface area contributed by atoms with E-state index in [1.54, 1.807) is 6.07 Å². The third kappa shape index (κ3) is 3.00. The fourth-order valence-corrected chi connectivity index (χ4v) is 3.14. The number of pyridine rings is 1. The molecule has 2 fully saturated rings. The molecule has 2 saturated carbocycles. The van der Waals surface area contributed by atoms with Gasteiger partial charge < -0.3 is 11.1 Å². The predicted octanol–water partition coefficient (Wildman–Crippen LogP) is -0.176. The number of carbonyl (C=O) groups excluding carboxylic acids is 2. The molecule has 0 unspecified atom stereocenters. The lowest BCUT2D eigenvalue weighted by atomic mass is 10.0. The van der Waals surface area contributed by atoms with Gasteiger partial charge in [-0.25, -0.2) is 8.42 Å². The minimum atomic E-state index is -3.39. The number of carbonyl (C=O) groups is 2. The summed E-state index contributed by atoms with van der Waals surface area (Å²) >= 11 is 0. The van der Waals surface area contributed by atoms with Gasteiger partial charge in [-0.2, -0.15) is 0 Å². The van der Waals surface area contributed by atoms with Gasteiger partial charge in [-0.1, -0.05) is 0 Å². The van der Waals surface area contributed by atoms with Gasteiger partial charge in [0.15, 0.2) is 0 Å². The molecule has 8 nitrogen and oxygen atoms in total. The van der Waals surface area contributed by atoms with Crippen LogP contribution in [0.25, 0.3) is 0 Å². The number of primary amides is 1. The lowest BCUT2D eigenvalue weighted by Crippen LogP contribution is -2.45. The summed E-state index contributed by atoms with van der Waals surface area (Å²) in [6.45, 7) is 0. The molecule has 3 rings (SSSR count). The molecule has 0 radical (unpaired) electrons. The Kier molecular flexibility index (Phi) is 3.36. The van der Waals surface area contributed by atoms with E-state index in [0.717, 1.165) is 6.26 Å². The Labute approximate surface area is 133 Å². The van der Waals surface area contributed by atoms with E-state index in [-0.39, 0.29) is 5.91 Å². The molecule has 2 aliphatic rings. The lowest BCUT2D eigenvalue weighted by molar-refractivity contribution is -0.136. The highest BCUT2D eigenvalue weighted by atomic mass is 32.2. The third-order valence-corrected chi connectivity index (χ3v) is 4.92. The van der Waals surface area contributed by atoms with Crippen molar-refractivity contribution in [3.63, 3.8) is 0 Å². The molecule has 0 bridgehead atoms. The SMILES string of the molecule is CS(=O)(=O)Nc1ccnc(C2(NC(=O)C3(C(N)=O)CC3)CC2)c1. The summed E-state index contributed by atoms with van der Waals surface area (Å²) in [5, 5.41) is 2.88. The van der Waals surface area contributed by atoms with Crippen LogP contribution in [0.4, 0.5) is 5.69 Å². The Balaban J connectivity index is 1.80. The van der Waals surface area contributed by atoms with E-state index >= 15 is 0 Å². The van der Waals surface area contributed by atoms with Gasteiger partial charge in [0.1, 0.15) is 5.41 Å². The second-order valence-electron chi connectivity index (χ2n) is 6.29. The number of rotatable bonds is 6. The maximum Gasteiger partial charge on any atom is 0.236 e. The molecule has 9 heteroatoms. The normalized spacial score (nSPS) is 20.4. The van der Waals surface area contributed by atoms with Crippen molar-refractivity contribution in [2.75, 3.05) is 11.0 Å². The molecule has 124 valence electrons. The zero-order chi connectivity index (χ0) is 16.9. The Morgan fingerprint density at radius 2 is 1.91 bits per heavy atom. The monoisotopic (exact) mass is 338 g/mol. The van der Waals surface area contributed by atoms with Crippen molar-refractivity contribution in [1.82, 2.24) is 10.3 Å². The standard InChI is InChI=1S/C14H18N4O4S/c1-23(21,22)18-9-2-7-16-10(8-9)14(5-6-14)17-12(20)13(3-4-13)11(15)19/h2,7-8H,3-6H2,1H3,(H2,15,19)(H,16,18)(H,17,20). The molecule has 1 aromatic heterocycles. The van der Waals surface area contributed by atoms with E-state index in [2.05, 4.69) is 15.0 Å². The van der Waals surface area contributed by atoms with E-state index in [1.165, 1.54) is 12.3 Å². The maximum absolute atomic E-state index is 12.4. The summed E-state index contributed by atoms with van der Waals surface area (Å²) in [4.78, 5) is 28.0. The van der Waals surface area contributed by atoms with E-state index in [4.69, 9.17) is 5.73 Å². The molecule has 0 aliphatic heterocycles. The van der Waals surface area contributed by atoms with Crippen LogP contribution in [0.2, 0.25) is 0 Å². The summed E-state index contributed by atoms with van der Waals surface area (Å²) in [5.74, 6) is -0.975. The fourth-order valence-electron chi connectivity index (χ4n) is 2.59. The van der Waals surface area contributed by atoms with Crippen molar-refractivity contribution < 1.29 is 18.0 Å². The molecule has 0 saturated heterocycles. The van der Waals surface area contributed by atoms with Crippen molar-refractivity contribution in [3.8, 4) is 0 Å². The first-order valence-corrected chi connectivity index (χ1v) is 9.13. The Bertz CT molecular complexity index is 782. The first-order valence-electron chi connectivity index (χ1n) is 7.24. The number of sulfonamides is 1. The Hall–Kier alpha value is -2.16. The minimum absolute atomic E-state index is 0.370. The molecule has 1 heterocycles. The molecule has 0 spiro atoms. The van der Waals surface area contributed by atoms with Crippen LogP contribution >= 0.6 is 0 Å². The Morgan fingerprint density at radius 1 is 1.26 bits per heavy atom. The van der Waals surface area contributed by atoms with Gasteiger partial charge in [-0.15, -0.1) is 0 Å². The molecule has 4 N–H and O–H groups in total. The summed E-state index contributed by atoms with van der Waals surface area (Å²) in [5.41, 5.74) is 4.54. The fraction of sp³-hybridized carbons (Fsp3) is 0.500. The molecule has 23 heavy (non-hydrogen) atoms. The van der Waals surface area contributed by atoms with Crippen LogP contribution in [0, 0.1) is 5.41 Å². The van der Waals surface area contributed by atoms with Gasteiger partial charge >= 0.3 is 0 Å². The van der Waals surface area contributed by atoms with Crippen LogP contribution in [-0.4, -0.2) is 31.5 Å². The molecular weight excluding hydrogens is 320 g/mol. The van der Waals surface area contributed by atoms with Crippen LogP contribution in [0.15, 0.2) is 18.3 Å². The predicted molar refractivity (Wildman–Crippen MR) is 82.6 cm³/mol. The van der Waals surface area contributed by atoms with Crippen LogP contribution in [0.3, 0.4) is 0 Å². The van der Waals surface area contributed by atoms with Crippen molar-refractivity contribution in [2.24, 2.45) is 11.1 Å². The quantitative estimate of drug-likeness (QED) is 0.619. The summed E-state index contributed by atoms with van der Waals surface area (Å²) in [6, 6.07) is 3.13. The van der Waals surface area contributed by atoms with Crippen molar-refractivity contribution >= 4 is 27.5 Å². The van der Waals surface area contributed by atoms with E-state index in [9.17, 15) is 18.0 Å². The number of aromatic nitrogens is 1.